The molecule has 0 bridgehead atoms. The number of rotatable bonds is 9. The highest BCUT2D eigenvalue weighted by molar-refractivity contribution is 5.92. The number of carbonyl (C=O) groups excluding carboxylic acids is 1. The number of benzene rings is 2. The Labute approximate surface area is 137 Å². The molecule has 0 spiro atoms. The van der Waals surface area contributed by atoms with Crippen LogP contribution in [-0.4, -0.2) is 25.7 Å². The van der Waals surface area contributed by atoms with E-state index < -0.39 is 0 Å². The summed E-state index contributed by atoms with van der Waals surface area (Å²) < 4.78 is 10.9. The van der Waals surface area contributed by atoms with Gasteiger partial charge in [0.15, 0.2) is 0 Å². The van der Waals surface area contributed by atoms with Gasteiger partial charge in [0.2, 0.25) is 5.91 Å². The number of ether oxygens (including phenoxy) is 2. The number of aryl methyl sites for hydroxylation is 1. The topological polar surface area (TPSA) is 47.6 Å². The van der Waals surface area contributed by atoms with Crippen LogP contribution in [0.5, 0.6) is 5.75 Å². The van der Waals surface area contributed by atoms with Crippen LogP contribution in [0.15, 0.2) is 54.6 Å². The Kier molecular flexibility index (Phi) is 7.14. The van der Waals surface area contributed by atoms with Gasteiger partial charge in [-0.15, -0.1) is 0 Å². The first kappa shape index (κ1) is 17.0. The molecule has 0 saturated heterocycles. The lowest BCUT2D eigenvalue weighted by Crippen LogP contribution is -2.14. The van der Waals surface area contributed by atoms with Crippen molar-refractivity contribution in [3.05, 3.63) is 60.2 Å². The molecule has 4 heteroatoms. The van der Waals surface area contributed by atoms with Crippen LogP contribution in [-0.2, 0) is 16.0 Å². The number of amides is 1. The first-order chi connectivity index (χ1) is 11.3. The minimum Gasteiger partial charge on any atom is -0.489 e. The van der Waals surface area contributed by atoms with Crippen LogP contribution in [0, 0.1) is 0 Å². The van der Waals surface area contributed by atoms with E-state index in [2.05, 4.69) is 5.32 Å². The molecular formula is C19H23NO3. The van der Waals surface area contributed by atoms with Gasteiger partial charge < -0.3 is 14.8 Å². The molecule has 23 heavy (non-hydrogen) atoms. The molecule has 0 saturated carbocycles. The predicted molar refractivity (Wildman–Crippen MR) is 91.8 cm³/mol. The zero-order valence-electron chi connectivity index (χ0n) is 13.5. The zero-order chi connectivity index (χ0) is 16.3. The van der Waals surface area contributed by atoms with E-state index in [9.17, 15) is 4.79 Å². The summed E-state index contributed by atoms with van der Waals surface area (Å²) in [5.74, 6) is 0.648. The summed E-state index contributed by atoms with van der Waals surface area (Å²) in [5.41, 5.74) is 1.85. The van der Waals surface area contributed by atoms with Crippen molar-refractivity contribution in [3.8, 4) is 5.75 Å². The molecule has 2 aromatic rings. The van der Waals surface area contributed by atoms with Crippen LogP contribution in [0.4, 0.5) is 5.69 Å². The number of nitrogens with one attached hydrogen (secondary N) is 1. The second-order valence-corrected chi connectivity index (χ2v) is 5.08. The molecule has 0 aliphatic rings. The van der Waals surface area contributed by atoms with E-state index >= 15 is 0 Å². The normalized spacial score (nSPS) is 10.3. The number of hydrogen-bond donors (Lipinski definition) is 1. The van der Waals surface area contributed by atoms with Crippen LogP contribution in [0.1, 0.15) is 18.9 Å². The lowest BCUT2D eigenvalue weighted by atomic mass is 10.1. The van der Waals surface area contributed by atoms with Gasteiger partial charge in [0.05, 0.1) is 12.3 Å². The van der Waals surface area contributed by atoms with Crippen LogP contribution in [0.25, 0.3) is 0 Å². The molecule has 1 N–H and O–H groups in total. The Morgan fingerprint density at radius 2 is 1.74 bits per heavy atom. The molecule has 1 amide bonds. The maximum Gasteiger partial charge on any atom is 0.224 e. The quantitative estimate of drug-likeness (QED) is 0.719. The molecule has 0 aliphatic heterocycles. The molecule has 0 aromatic heterocycles. The minimum atomic E-state index is -0.0188. The van der Waals surface area contributed by atoms with Crippen molar-refractivity contribution >= 4 is 11.6 Å². The molecule has 2 aromatic carbocycles. The van der Waals surface area contributed by atoms with Crippen molar-refractivity contribution in [1.82, 2.24) is 0 Å². The SMILES string of the molecule is CCOCCOc1ccccc1NC(=O)CCc1ccccc1. The highest BCUT2D eigenvalue weighted by Gasteiger charge is 2.07. The van der Waals surface area contributed by atoms with Gasteiger partial charge in [-0.3, -0.25) is 4.79 Å². The summed E-state index contributed by atoms with van der Waals surface area (Å²) in [4.78, 5) is 12.1. The fourth-order valence-electron chi connectivity index (χ4n) is 2.17. The molecular weight excluding hydrogens is 290 g/mol. The molecule has 0 radical (unpaired) electrons. The van der Waals surface area contributed by atoms with Crippen LogP contribution >= 0.6 is 0 Å². The van der Waals surface area contributed by atoms with Crippen LogP contribution < -0.4 is 10.1 Å². The van der Waals surface area contributed by atoms with Crippen molar-refractivity contribution in [3.63, 3.8) is 0 Å². The van der Waals surface area contributed by atoms with Gasteiger partial charge in [0, 0.05) is 13.0 Å². The minimum absolute atomic E-state index is 0.0188. The molecule has 0 atom stereocenters. The van der Waals surface area contributed by atoms with E-state index in [0.717, 1.165) is 12.0 Å². The highest BCUT2D eigenvalue weighted by atomic mass is 16.5. The monoisotopic (exact) mass is 313 g/mol. The maximum absolute atomic E-state index is 12.1. The van der Waals surface area contributed by atoms with Gasteiger partial charge in [-0.1, -0.05) is 42.5 Å². The Morgan fingerprint density at radius 3 is 2.52 bits per heavy atom. The fraction of sp³-hybridized carbons (Fsp3) is 0.316. The van der Waals surface area contributed by atoms with Gasteiger partial charge in [-0.25, -0.2) is 0 Å². The van der Waals surface area contributed by atoms with E-state index in [0.29, 0.717) is 37.7 Å². The second-order valence-electron chi connectivity index (χ2n) is 5.08. The smallest absolute Gasteiger partial charge is 0.224 e. The summed E-state index contributed by atoms with van der Waals surface area (Å²) >= 11 is 0. The number of para-hydroxylation sites is 2. The highest BCUT2D eigenvalue weighted by Crippen LogP contribution is 2.23. The van der Waals surface area contributed by atoms with Gasteiger partial charge >= 0.3 is 0 Å². The molecule has 0 fully saturated rings. The van der Waals surface area contributed by atoms with E-state index in [1.807, 2.05) is 61.5 Å². The Hall–Kier alpha value is -2.33. The predicted octanol–water partition coefficient (Wildman–Crippen LogP) is 3.67. The number of carbonyl (C=O) groups is 1. The third kappa shape index (κ3) is 6.12. The lowest BCUT2D eigenvalue weighted by Gasteiger charge is -2.12. The maximum atomic E-state index is 12.1. The number of anilines is 1. The largest absolute Gasteiger partial charge is 0.489 e. The Balaban J connectivity index is 1.85. The summed E-state index contributed by atoms with van der Waals surface area (Å²) in [6.07, 6.45) is 1.16. The van der Waals surface area contributed by atoms with Crippen LogP contribution in [0.2, 0.25) is 0 Å². The standard InChI is InChI=1S/C19H23NO3/c1-2-22-14-15-23-18-11-7-6-10-17(18)20-19(21)13-12-16-8-4-3-5-9-16/h3-11H,2,12-15H2,1H3,(H,20,21). The van der Waals surface area contributed by atoms with Crippen LogP contribution in [0.3, 0.4) is 0 Å². The molecule has 0 aliphatic carbocycles. The van der Waals surface area contributed by atoms with Crippen molar-refractivity contribution in [2.45, 2.75) is 19.8 Å². The van der Waals surface area contributed by atoms with E-state index in [1.54, 1.807) is 0 Å². The summed E-state index contributed by atoms with van der Waals surface area (Å²) in [7, 11) is 0. The van der Waals surface area contributed by atoms with Crippen molar-refractivity contribution in [1.29, 1.82) is 0 Å². The van der Waals surface area contributed by atoms with Crippen molar-refractivity contribution in [2.24, 2.45) is 0 Å². The first-order valence-corrected chi connectivity index (χ1v) is 7.93. The number of hydrogen-bond acceptors (Lipinski definition) is 3. The van der Waals surface area contributed by atoms with Gasteiger partial charge in [-0.2, -0.15) is 0 Å². The molecule has 0 heterocycles. The first-order valence-electron chi connectivity index (χ1n) is 7.93. The summed E-state index contributed by atoms with van der Waals surface area (Å²) in [6, 6.07) is 17.4. The average molecular weight is 313 g/mol. The van der Waals surface area contributed by atoms with Crippen molar-refractivity contribution < 1.29 is 14.3 Å². The van der Waals surface area contributed by atoms with Crippen molar-refractivity contribution in [2.75, 3.05) is 25.1 Å². The van der Waals surface area contributed by atoms with E-state index in [4.69, 9.17) is 9.47 Å². The van der Waals surface area contributed by atoms with Gasteiger partial charge in [0.1, 0.15) is 12.4 Å². The molecule has 2 rings (SSSR count). The van der Waals surface area contributed by atoms with Gasteiger partial charge in [-0.05, 0) is 31.0 Å². The third-order valence-corrected chi connectivity index (χ3v) is 3.33. The van der Waals surface area contributed by atoms with Gasteiger partial charge in [0.25, 0.3) is 0 Å². The van der Waals surface area contributed by atoms with E-state index in [-0.39, 0.29) is 5.91 Å². The summed E-state index contributed by atoms with van der Waals surface area (Å²) in [6.45, 7) is 3.61. The lowest BCUT2D eigenvalue weighted by molar-refractivity contribution is -0.116. The molecule has 0 unspecified atom stereocenters. The summed E-state index contributed by atoms with van der Waals surface area (Å²) in [5, 5.41) is 2.92. The fourth-order valence-corrected chi connectivity index (χ4v) is 2.17. The second kappa shape index (κ2) is 9.64. The Bertz CT molecular complexity index is 599. The average Bonchev–Trinajstić information content (AvgIpc) is 2.59. The Morgan fingerprint density at radius 1 is 1.00 bits per heavy atom. The third-order valence-electron chi connectivity index (χ3n) is 3.33. The zero-order valence-corrected chi connectivity index (χ0v) is 13.5. The molecule has 122 valence electrons. The molecule has 4 nitrogen and oxygen atoms in total. The van der Waals surface area contributed by atoms with E-state index in [1.165, 1.54) is 0 Å².